The fourth-order valence-corrected chi connectivity index (χ4v) is 6.42. The summed E-state index contributed by atoms with van der Waals surface area (Å²) in [7, 11) is 0. The maximum atomic E-state index is 12.4. The minimum atomic E-state index is -0.329. The Bertz CT molecular complexity index is 876. The SMILES string of the molecule is O=C(Nc1ccc(C23CC4CC(CC(C4)C2)C3)cc1Cl)c1ccc[n+]([O-])c1. The van der Waals surface area contributed by atoms with Crippen molar-refractivity contribution in [2.45, 2.75) is 43.9 Å². The van der Waals surface area contributed by atoms with Gasteiger partial charge in [-0.15, -0.1) is 0 Å². The smallest absolute Gasteiger partial charge is 0.261 e. The summed E-state index contributed by atoms with van der Waals surface area (Å²) < 4.78 is 0.618. The summed E-state index contributed by atoms with van der Waals surface area (Å²) in [6, 6.07) is 9.29. The van der Waals surface area contributed by atoms with Crippen LogP contribution in [-0.2, 0) is 5.41 Å². The maximum Gasteiger partial charge on any atom is 0.261 e. The highest BCUT2D eigenvalue weighted by atomic mass is 35.5. The molecule has 1 N–H and O–H groups in total. The molecule has 0 unspecified atom stereocenters. The van der Waals surface area contributed by atoms with Crippen LogP contribution in [0.5, 0.6) is 0 Å². The van der Waals surface area contributed by atoms with Crippen LogP contribution in [0, 0.1) is 23.0 Å². The highest BCUT2D eigenvalue weighted by Gasteiger charge is 2.51. The summed E-state index contributed by atoms with van der Waals surface area (Å²) in [5, 5.41) is 14.8. The number of carbonyl (C=O) groups excluding carboxylic acids is 1. The van der Waals surface area contributed by atoms with Gasteiger partial charge < -0.3 is 10.5 Å². The number of halogens is 1. The van der Waals surface area contributed by atoms with Crippen LogP contribution in [0.15, 0.2) is 42.7 Å². The first kappa shape index (κ1) is 17.1. The molecule has 1 heterocycles. The zero-order valence-electron chi connectivity index (χ0n) is 15.2. The summed E-state index contributed by atoms with van der Waals surface area (Å²) in [6.45, 7) is 0. The number of pyridine rings is 1. The van der Waals surface area contributed by atoms with E-state index in [1.165, 1.54) is 56.5 Å². The van der Waals surface area contributed by atoms with Gasteiger partial charge in [-0.25, -0.2) is 0 Å². The van der Waals surface area contributed by atoms with Crippen LogP contribution < -0.4 is 10.0 Å². The number of anilines is 1. The van der Waals surface area contributed by atoms with Crippen molar-refractivity contribution in [1.29, 1.82) is 0 Å². The lowest BCUT2D eigenvalue weighted by molar-refractivity contribution is -0.605. The summed E-state index contributed by atoms with van der Waals surface area (Å²) in [5.41, 5.74) is 2.53. The Morgan fingerprint density at radius 2 is 1.78 bits per heavy atom. The van der Waals surface area contributed by atoms with Crippen molar-refractivity contribution in [2.75, 3.05) is 5.32 Å². The van der Waals surface area contributed by atoms with Crippen molar-refractivity contribution in [1.82, 2.24) is 0 Å². The van der Waals surface area contributed by atoms with Crippen LogP contribution in [0.3, 0.4) is 0 Å². The van der Waals surface area contributed by atoms with Crippen LogP contribution in [0.25, 0.3) is 0 Å². The molecule has 2 aromatic rings. The van der Waals surface area contributed by atoms with E-state index in [4.69, 9.17) is 11.6 Å². The average molecular weight is 383 g/mol. The number of amides is 1. The summed E-state index contributed by atoms with van der Waals surface area (Å²) in [4.78, 5) is 12.4. The molecular formula is C22H23ClN2O2. The van der Waals surface area contributed by atoms with Gasteiger partial charge in [-0.1, -0.05) is 17.7 Å². The minimum Gasteiger partial charge on any atom is -0.619 e. The molecule has 4 fully saturated rings. The standard InChI is InChI=1S/C22H23ClN2O2/c23-19-9-18(22-10-14-6-15(11-22)8-16(7-14)12-22)3-4-20(19)24-21(26)17-2-1-5-25(27)13-17/h1-5,9,13-16H,6-8,10-12H2,(H,24,26). The Balaban J connectivity index is 1.39. The number of rotatable bonds is 3. The highest BCUT2D eigenvalue weighted by molar-refractivity contribution is 6.34. The van der Waals surface area contributed by atoms with Gasteiger partial charge >= 0.3 is 0 Å². The second-order valence-corrected chi connectivity index (χ2v) is 9.21. The van der Waals surface area contributed by atoms with Gasteiger partial charge in [0.15, 0.2) is 12.4 Å². The Morgan fingerprint density at radius 1 is 1.11 bits per heavy atom. The normalized spacial score (nSPS) is 31.1. The van der Waals surface area contributed by atoms with E-state index in [1.54, 1.807) is 12.1 Å². The Morgan fingerprint density at radius 3 is 2.37 bits per heavy atom. The fourth-order valence-electron chi connectivity index (χ4n) is 6.19. The fraction of sp³-hybridized carbons (Fsp3) is 0.455. The van der Waals surface area contributed by atoms with E-state index in [-0.39, 0.29) is 11.3 Å². The van der Waals surface area contributed by atoms with Crippen molar-refractivity contribution in [3.05, 3.63) is 64.1 Å². The van der Waals surface area contributed by atoms with E-state index < -0.39 is 0 Å². The summed E-state index contributed by atoms with van der Waals surface area (Å²) in [6.07, 6.45) is 10.7. The molecule has 1 amide bonds. The molecule has 1 aromatic heterocycles. The van der Waals surface area contributed by atoms with Crippen LogP contribution in [0.1, 0.15) is 54.4 Å². The van der Waals surface area contributed by atoms with Gasteiger partial charge in [0.05, 0.1) is 10.7 Å². The number of hydrogen-bond donors (Lipinski definition) is 1. The molecule has 4 nitrogen and oxygen atoms in total. The number of nitrogens with zero attached hydrogens (tertiary/aromatic N) is 1. The number of hydrogen-bond acceptors (Lipinski definition) is 2. The van der Waals surface area contributed by atoms with E-state index in [2.05, 4.69) is 17.4 Å². The maximum absolute atomic E-state index is 12.4. The third-order valence-corrected chi connectivity index (χ3v) is 7.22. The third-order valence-electron chi connectivity index (χ3n) is 6.91. The Kier molecular flexibility index (Phi) is 3.94. The van der Waals surface area contributed by atoms with Crippen molar-refractivity contribution in [3.63, 3.8) is 0 Å². The third kappa shape index (κ3) is 3.00. The lowest BCUT2D eigenvalue weighted by Gasteiger charge is -2.57. The predicted octanol–water partition coefficient (Wildman–Crippen LogP) is 4.69. The zero-order valence-corrected chi connectivity index (χ0v) is 15.9. The highest BCUT2D eigenvalue weighted by Crippen LogP contribution is 2.60. The Labute approximate surface area is 164 Å². The van der Waals surface area contributed by atoms with Crippen LogP contribution in [0.2, 0.25) is 5.02 Å². The molecule has 27 heavy (non-hydrogen) atoms. The van der Waals surface area contributed by atoms with Gasteiger partial charge in [-0.05, 0) is 85.5 Å². The number of aromatic nitrogens is 1. The molecule has 4 bridgehead atoms. The molecule has 0 radical (unpaired) electrons. The molecule has 0 saturated heterocycles. The first-order chi connectivity index (χ1) is 13.0. The van der Waals surface area contributed by atoms with Gasteiger partial charge in [0.2, 0.25) is 0 Å². The molecule has 140 valence electrons. The molecule has 5 heteroatoms. The topological polar surface area (TPSA) is 56.0 Å². The van der Waals surface area contributed by atoms with Crippen LogP contribution >= 0.6 is 11.6 Å². The van der Waals surface area contributed by atoms with Crippen molar-refractivity contribution < 1.29 is 9.52 Å². The number of nitrogens with one attached hydrogen (secondary N) is 1. The van der Waals surface area contributed by atoms with Crippen molar-refractivity contribution >= 4 is 23.2 Å². The van der Waals surface area contributed by atoms with E-state index in [0.717, 1.165) is 17.8 Å². The molecule has 4 aliphatic rings. The van der Waals surface area contributed by atoms with Gasteiger partial charge in [0.1, 0.15) is 5.56 Å². The lowest BCUT2D eigenvalue weighted by atomic mass is 9.48. The van der Waals surface area contributed by atoms with Crippen molar-refractivity contribution in [3.8, 4) is 0 Å². The van der Waals surface area contributed by atoms with E-state index >= 15 is 0 Å². The Hall–Kier alpha value is -2.07. The largest absolute Gasteiger partial charge is 0.619 e. The summed E-state index contributed by atoms with van der Waals surface area (Å²) >= 11 is 6.55. The monoisotopic (exact) mass is 382 g/mol. The molecule has 1 aromatic carbocycles. The quantitative estimate of drug-likeness (QED) is 0.618. The first-order valence-electron chi connectivity index (χ1n) is 9.81. The van der Waals surface area contributed by atoms with E-state index in [1.807, 2.05) is 6.07 Å². The second kappa shape index (κ2) is 6.23. The van der Waals surface area contributed by atoms with E-state index in [0.29, 0.717) is 21.0 Å². The van der Waals surface area contributed by atoms with Gasteiger partial charge in [0.25, 0.3) is 5.91 Å². The molecule has 0 atom stereocenters. The molecular weight excluding hydrogens is 360 g/mol. The molecule has 0 aliphatic heterocycles. The lowest BCUT2D eigenvalue weighted by Crippen LogP contribution is -2.48. The van der Waals surface area contributed by atoms with Crippen LogP contribution in [-0.4, -0.2) is 5.91 Å². The van der Waals surface area contributed by atoms with Gasteiger partial charge in [0, 0.05) is 6.07 Å². The number of carbonyl (C=O) groups is 1. The molecule has 4 aliphatic carbocycles. The van der Waals surface area contributed by atoms with Crippen molar-refractivity contribution in [2.24, 2.45) is 17.8 Å². The zero-order chi connectivity index (χ0) is 18.6. The summed E-state index contributed by atoms with van der Waals surface area (Å²) in [5.74, 6) is 2.31. The molecule has 6 rings (SSSR count). The minimum absolute atomic E-state index is 0.286. The molecule has 0 spiro atoms. The van der Waals surface area contributed by atoms with Gasteiger partial charge in [-0.2, -0.15) is 4.73 Å². The van der Waals surface area contributed by atoms with E-state index in [9.17, 15) is 10.0 Å². The van der Waals surface area contributed by atoms with Gasteiger partial charge in [-0.3, -0.25) is 4.79 Å². The second-order valence-electron chi connectivity index (χ2n) is 8.80. The number of benzene rings is 1. The molecule has 4 saturated carbocycles. The van der Waals surface area contributed by atoms with Crippen LogP contribution in [0.4, 0.5) is 5.69 Å². The average Bonchev–Trinajstić information content (AvgIpc) is 2.62. The predicted molar refractivity (Wildman–Crippen MR) is 105 cm³/mol. The first-order valence-corrected chi connectivity index (χ1v) is 10.2.